The molecule has 0 spiro atoms. The zero-order chi connectivity index (χ0) is 17.9. The molecule has 138 valence electrons. The van der Waals surface area contributed by atoms with Crippen molar-refractivity contribution in [3.63, 3.8) is 0 Å². The summed E-state index contributed by atoms with van der Waals surface area (Å²) in [6.07, 6.45) is 8.41. The molecule has 1 unspecified atom stereocenters. The first-order chi connectivity index (χ1) is 12.8. The second kappa shape index (κ2) is 7.60. The molecule has 1 fully saturated rings. The number of carbonyl (C=O) groups excluding carboxylic acids is 1. The maximum Gasteiger partial charge on any atom is 0.227 e. The smallest absolute Gasteiger partial charge is 0.227 e. The lowest BCUT2D eigenvalue weighted by Gasteiger charge is -2.36. The standard InChI is InChI=1S/C21H27N3O2/c1-2-6-19-22-20(26-23-19)13-14-21(25)24(16-11-12-16)18-10-5-8-15-7-3-4-9-17(15)18/h3-4,7,9,16,18H,2,5-6,8,10-14H2,1H3. The lowest BCUT2D eigenvalue weighted by molar-refractivity contribution is -0.134. The van der Waals surface area contributed by atoms with Gasteiger partial charge in [0.1, 0.15) is 0 Å². The molecule has 0 aliphatic heterocycles. The fourth-order valence-electron chi connectivity index (χ4n) is 4.06. The summed E-state index contributed by atoms with van der Waals surface area (Å²) < 4.78 is 5.29. The molecule has 4 rings (SSSR count). The Morgan fingerprint density at radius 3 is 2.88 bits per heavy atom. The van der Waals surface area contributed by atoms with Gasteiger partial charge >= 0.3 is 0 Å². The van der Waals surface area contributed by atoms with Crippen LogP contribution < -0.4 is 0 Å². The van der Waals surface area contributed by atoms with Gasteiger partial charge in [0.15, 0.2) is 5.82 Å². The van der Waals surface area contributed by atoms with Crippen molar-refractivity contribution in [1.29, 1.82) is 0 Å². The van der Waals surface area contributed by atoms with Crippen molar-refractivity contribution in [3.8, 4) is 0 Å². The molecule has 1 heterocycles. The average Bonchev–Trinajstić information content (AvgIpc) is 3.39. The highest BCUT2D eigenvalue weighted by atomic mass is 16.5. The summed E-state index contributed by atoms with van der Waals surface area (Å²) in [5.74, 6) is 1.56. The monoisotopic (exact) mass is 353 g/mol. The molecule has 2 aliphatic carbocycles. The molecule has 1 saturated carbocycles. The highest BCUT2D eigenvalue weighted by Crippen LogP contribution is 2.41. The molecule has 2 aliphatic rings. The SMILES string of the molecule is CCCc1noc(CCC(=O)N(C2CC2)C2CCCc3ccccc32)n1. The molecule has 0 radical (unpaired) electrons. The number of amides is 1. The second-order valence-corrected chi connectivity index (χ2v) is 7.49. The van der Waals surface area contributed by atoms with Crippen molar-refractivity contribution >= 4 is 5.91 Å². The zero-order valence-electron chi connectivity index (χ0n) is 15.5. The topological polar surface area (TPSA) is 59.2 Å². The molecule has 1 aromatic carbocycles. The predicted octanol–water partition coefficient (Wildman–Crippen LogP) is 4.02. The van der Waals surface area contributed by atoms with Gasteiger partial charge in [-0.1, -0.05) is 36.3 Å². The predicted molar refractivity (Wildman–Crippen MR) is 98.6 cm³/mol. The van der Waals surface area contributed by atoms with Crippen molar-refractivity contribution in [3.05, 3.63) is 47.1 Å². The number of carbonyl (C=O) groups is 1. The number of hydrogen-bond donors (Lipinski definition) is 0. The summed E-state index contributed by atoms with van der Waals surface area (Å²) in [4.78, 5) is 19.6. The van der Waals surface area contributed by atoms with Crippen molar-refractivity contribution in [2.75, 3.05) is 0 Å². The Bertz CT molecular complexity index is 766. The fraction of sp³-hybridized carbons (Fsp3) is 0.571. The number of nitrogens with zero attached hydrogens (tertiary/aromatic N) is 3. The first-order valence-electron chi connectivity index (χ1n) is 9.96. The van der Waals surface area contributed by atoms with Gasteiger partial charge in [-0.15, -0.1) is 0 Å². The average molecular weight is 353 g/mol. The minimum atomic E-state index is 0.226. The van der Waals surface area contributed by atoms with E-state index >= 15 is 0 Å². The van der Waals surface area contributed by atoms with Gasteiger partial charge in [0.2, 0.25) is 11.8 Å². The zero-order valence-corrected chi connectivity index (χ0v) is 15.5. The molecule has 26 heavy (non-hydrogen) atoms. The minimum absolute atomic E-state index is 0.226. The summed E-state index contributed by atoms with van der Waals surface area (Å²) in [6.45, 7) is 2.09. The third-order valence-corrected chi connectivity index (χ3v) is 5.44. The van der Waals surface area contributed by atoms with E-state index in [9.17, 15) is 4.79 Å². The third-order valence-electron chi connectivity index (χ3n) is 5.44. The molecule has 1 amide bonds. The Morgan fingerprint density at radius 2 is 2.08 bits per heavy atom. The molecule has 1 aromatic heterocycles. The molecule has 0 N–H and O–H groups in total. The Hall–Kier alpha value is -2.17. The van der Waals surface area contributed by atoms with E-state index in [0.29, 0.717) is 24.8 Å². The van der Waals surface area contributed by atoms with Gasteiger partial charge in [0.25, 0.3) is 0 Å². The molecule has 0 saturated heterocycles. The lowest BCUT2D eigenvalue weighted by Crippen LogP contribution is -2.38. The van der Waals surface area contributed by atoms with Crippen molar-refractivity contribution in [2.24, 2.45) is 0 Å². The van der Waals surface area contributed by atoms with Crippen LogP contribution in [-0.4, -0.2) is 27.0 Å². The number of benzene rings is 1. The van der Waals surface area contributed by atoms with Gasteiger partial charge in [0.05, 0.1) is 6.04 Å². The maximum absolute atomic E-state index is 13.1. The number of hydrogen-bond acceptors (Lipinski definition) is 4. The number of aryl methyl sites for hydroxylation is 3. The largest absolute Gasteiger partial charge is 0.339 e. The van der Waals surface area contributed by atoms with Crippen LogP contribution in [0, 0.1) is 0 Å². The van der Waals surface area contributed by atoms with Crippen molar-refractivity contribution < 1.29 is 9.32 Å². The van der Waals surface area contributed by atoms with Gasteiger partial charge < -0.3 is 9.42 Å². The van der Waals surface area contributed by atoms with E-state index in [1.54, 1.807) is 0 Å². The molecular weight excluding hydrogens is 326 g/mol. The van der Waals surface area contributed by atoms with E-state index in [4.69, 9.17) is 4.52 Å². The first kappa shape index (κ1) is 17.3. The van der Waals surface area contributed by atoms with Crippen molar-refractivity contribution in [1.82, 2.24) is 15.0 Å². The van der Waals surface area contributed by atoms with E-state index < -0.39 is 0 Å². The summed E-state index contributed by atoms with van der Waals surface area (Å²) in [6, 6.07) is 9.27. The molecule has 1 atom stereocenters. The van der Waals surface area contributed by atoms with Crippen LogP contribution in [0.5, 0.6) is 0 Å². The Balaban J connectivity index is 1.46. The van der Waals surface area contributed by atoms with E-state index in [-0.39, 0.29) is 11.9 Å². The lowest BCUT2D eigenvalue weighted by atomic mass is 9.86. The third kappa shape index (κ3) is 3.67. The molecular formula is C21H27N3O2. The van der Waals surface area contributed by atoms with Gasteiger partial charge in [0, 0.05) is 25.3 Å². The summed E-state index contributed by atoms with van der Waals surface area (Å²) in [5, 5.41) is 3.98. The summed E-state index contributed by atoms with van der Waals surface area (Å²) in [7, 11) is 0. The Morgan fingerprint density at radius 1 is 1.23 bits per heavy atom. The van der Waals surface area contributed by atoms with Crippen LogP contribution in [0.3, 0.4) is 0 Å². The maximum atomic E-state index is 13.1. The number of rotatable bonds is 7. The van der Waals surface area contributed by atoms with Crippen LogP contribution >= 0.6 is 0 Å². The Labute approximate surface area is 154 Å². The van der Waals surface area contributed by atoms with E-state index in [1.165, 1.54) is 11.1 Å². The molecule has 2 aromatic rings. The van der Waals surface area contributed by atoms with Gasteiger partial charge in [-0.05, 0) is 49.7 Å². The summed E-state index contributed by atoms with van der Waals surface area (Å²) in [5.41, 5.74) is 2.75. The van der Waals surface area contributed by atoms with E-state index in [1.807, 2.05) is 0 Å². The van der Waals surface area contributed by atoms with E-state index in [2.05, 4.69) is 46.2 Å². The molecule has 5 nitrogen and oxygen atoms in total. The highest BCUT2D eigenvalue weighted by Gasteiger charge is 2.39. The number of aromatic nitrogens is 2. The Kier molecular flexibility index (Phi) is 5.05. The van der Waals surface area contributed by atoms with Crippen LogP contribution in [0.1, 0.15) is 74.3 Å². The normalized spacial score (nSPS) is 19.2. The number of fused-ring (bicyclic) bond motifs is 1. The van der Waals surface area contributed by atoms with Gasteiger partial charge in [-0.3, -0.25) is 4.79 Å². The van der Waals surface area contributed by atoms with Gasteiger partial charge in [-0.2, -0.15) is 4.98 Å². The first-order valence-corrected chi connectivity index (χ1v) is 9.96. The molecule has 0 bridgehead atoms. The van der Waals surface area contributed by atoms with Crippen LogP contribution in [0.25, 0.3) is 0 Å². The van der Waals surface area contributed by atoms with Crippen LogP contribution in [0.2, 0.25) is 0 Å². The van der Waals surface area contributed by atoms with Crippen LogP contribution in [-0.2, 0) is 24.1 Å². The van der Waals surface area contributed by atoms with Crippen molar-refractivity contribution in [2.45, 2.75) is 76.8 Å². The van der Waals surface area contributed by atoms with E-state index in [0.717, 1.165) is 50.8 Å². The quantitative estimate of drug-likeness (QED) is 0.754. The molecule has 5 heteroatoms. The van der Waals surface area contributed by atoms with Crippen LogP contribution in [0.4, 0.5) is 0 Å². The fourth-order valence-corrected chi connectivity index (χ4v) is 4.06. The van der Waals surface area contributed by atoms with Crippen LogP contribution in [0.15, 0.2) is 28.8 Å². The minimum Gasteiger partial charge on any atom is -0.339 e. The summed E-state index contributed by atoms with van der Waals surface area (Å²) >= 11 is 0. The highest BCUT2D eigenvalue weighted by molar-refractivity contribution is 5.77. The second-order valence-electron chi connectivity index (χ2n) is 7.49. The van der Waals surface area contributed by atoms with Gasteiger partial charge in [-0.25, -0.2) is 0 Å².